The summed E-state index contributed by atoms with van der Waals surface area (Å²) in [6, 6.07) is 0. The Kier molecular flexibility index (Phi) is 6.16. The number of hydrogen-bond acceptors (Lipinski definition) is 4. The Morgan fingerprint density at radius 2 is 2.16 bits per heavy atom. The summed E-state index contributed by atoms with van der Waals surface area (Å²) in [6.45, 7) is 8.04. The highest BCUT2D eigenvalue weighted by atomic mass is 32.1. The van der Waals surface area contributed by atoms with Crippen molar-refractivity contribution < 1.29 is 9.53 Å². The largest absolute Gasteiger partial charge is 0.393 e. The molecule has 6 heteroatoms. The quantitative estimate of drug-likeness (QED) is 0.726. The van der Waals surface area contributed by atoms with Crippen molar-refractivity contribution >= 4 is 23.1 Å². The van der Waals surface area contributed by atoms with Crippen LogP contribution in [0.1, 0.15) is 26.7 Å². The topological polar surface area (TPSA) is 58.8 Å². The summed E-state index contributed by atoms with van der Waals surface area (Å²) in [4.78, 5) is 16.4. The Hall–Kier alpha value is -0.720. The Labute approximate surface area is 121 Å². The van der Waals surface area contributed by atoms with Crippen molar-refractivity contribution in [2.75, 3.05) is 39.8 Å². The molecule has 19 heavy (non-hydrogen) atoms. The number of nitrogens with two attached hydrogens (primary N) is 1. The molecule has 0 aromatic heterocycles. The molecule has 110 valence electrons. The Morgan fingerprint density at radius 1 is 1.47 bits per heavy atom. The Morgan fingerprint density at radius 3 is 2.74 bits per heavy atom. The normalized spacial score (nSPS) is 19.1. The lowest BCUT2D eigenvalue weighted by Crippen LogP contribution is -2.49. The van der Waals surface area contributed by atoms with Crippen LogP contribution in [-0.2, 0) is 9.53 Å². The number of carbonyl (C=O) groups is 1. The molecule has 0 bridgehead atoms. The number of thiocarbonyl (C=S) groups is 1. The van der Waals surface area contributed by atoms with Crippen LogP contribution in [-0.4, -0.2) is 66.1 Å². The number of hydrogen-bond donors (Lipinski definition) is 1. The Balaban J connectivity index is 2.27. The lowest BCUT2D eigenvalue weighted by atomic mass is 10.1. The first-order chi connectivity index (χ1) is 8.80. The molecule has 0 aliphatic carbocycles. The predicted octanol–water partition coefficient (Wildman–Crippen LogP) is 0.622. The maximum atomic E-state index is 11.9. The van der Waals surface area contributed by atoms with Gasteiger partial charge < -0.3 is 15.4 Å². The summed E-state index contributed by atoms with van der Waals surface area (Å²) in [5, 5.41) is 0. The lowest BCUT2D eigenvalue weighted by Gasteiger charge is -2.38. The van der Waals surface area contributed by atoms with Gasteiger partial charge in [-0.1, -0.05) is 12.2 Å². The molecule has 1 saturated heterocycles. The average molecular weight is 287 g/mol. The maximum Gasteiger partial charge on any atom is 0.223 e. The summed E-state index contributed by atoms with van der Waals surface area (Å²) < 4.78 is 5.65. The fourth-order valence-corrected chi connectivity index (χ4v) is 2.24. The van der Waals surface area contributed by atoms with Crippen LogP contribution in [0, 0.1) is 0 Å². The molecule has 0 aromatic carbocycles. The van der Waals surface area contributed by atoms with Crippen LogP contribution in [0.5, 0.6) is 0 Å². The number of nitrogens with zero attached hydrogens (tertiary/aromatic N) is 2. The van der Waals surface area contributed by atoms with Crippen LogP contribution in [0.25, 0.3) is 0 Å². The van der Waals surface area contributed by atoms with Gasteiger partial charge in [-0.25, -0.2) is 0 Å². The van der Waals surface area contributed by atoms with Crippen molar-refractivity contribution in [2.24, 2.45) is 5.73 Å². The second kappa shape index (κ2) is 7.17. The fraction of sp³-hybridized carbons (Fsp3) is 0.846. The minimum absolute atomic E-state index is 0.112. The van der Waals surface area contributed by atoms with E-state index in [-0.39, 0.29) is 11.5 Å². The van der Waals surface area contributed by atoms with E-state index in [1.165, 1.54) is 0 Å². The average Bonchev–Trinajstić information content (AvgIpc) is 2.31. The highest BCUT2D eigenvalue weighted by Gasteiger charge is 2.27. The van der Waals surface area contributed by atoms with Crippen LogP contribution in [0.4, 0.5) is 0 Å². The molecular weight excluding hydrogens is 262 g/mol. The third kappa shape index (κ3) is 6.31. The molecule has 0 saturated carbocycles. The summed E-state index contributed by atoms with van der Waals surface area (Å²) in [6.07, 6.45) is 1.12. The molecule has 5 nitrogen and oxygen atoms in total. The predicted molar refractivity (Wildman–Crippen MR) is 80.1 cm³/mol. The number of rotatable bonds is 6. The first kappa shape index (κ1) is 16.3. The van der Waals surface area contributed by atoms with Crippen molar-refractivity contribution in [3.8, 4) is 0 Å². The number of amides is 1. The van der Waals surface area contributed by atoms with Gasteiger partial charge in [0.1, 0.15) is 0 Å². The van der Waals surface area contributed by atoms with Gasteiger partial charge in [0.05, 0.1) is 17.2 Å². The molecule has 0 spiro atoms. The van der Waals surface area contributed by atoms with Gasteiger partial charge in [0.15, 0.2) is 0 Å². The monoisotopic (exact) mass is 287 g/mol. The van der Waals surface area contributed by atoms with Crippen molar-refractivity contribution in [3.63, 3.8) is 0 Å². The second-order valence-corrected chi connectivity index (χ2v) is 6.19. The Bertz CT molecular complexity index is 334. The molecule has 1 rings (SSSR count). The van der Waals surface area contributed by atoms with Gasteiger partial charge in [-0.3, -0.25) is 9.69 Å². The van der Waals surface area contributed by atoms with Gasteiger partial charge in [0, 0.05) is 46.1 Å². The van der Waals surface area contributed by atoms with E-state index >= 15 is 0 Å². The van der Waals surface area contributed by atoms with E-state index in [1.807, 2.05) is 0 Å². The van der Waals surface area contributed by atoms with E-state index in [0.717, 1.165) is 26.2 Å². The standard InChI is InChI=1S/C13H25N3O2S/c1-13(2)10-16(8-9-18-13)7-5-12(17)15(3)6-4-11(14)19/h4-10H2,1-3H3,(H2,14,19). The van der Waals surface area contributed by atoms with E-state index in [0.29, 0.717) is 24.4 Å². The van der Waals surface area contributed by atoms with Crippen molar-refractivity contribution in [1.82, 2.24) is 9.80 Å². The van der Waals surface area contributed by atoms with Crippen LogP contribution in [0.15, 0.2) is 0 Å². The fourth-order valence-electron chi connectivity index (χ4n) is 2.15. The molecule has 0 radical (unpaired) electrons. The van der Waals surface area contributed by atoms with Gasteiger partial charge >= 0.3 is 0 Å². The van der Waals surface area contributed by atoms with E-state index in [9.17, 15) is 4.79 Å². The zero-order chi connectivity index (χ0) is 14.5. The molecule has 0 aromatic rings. The SMILES string of the molecule is CN(CCC(N)=S)C(=O)CCN1CCOC(C)(C)C1. The van der Waals surface area contributed by atoms with Gasteiger partial charge in [0.25, 0.3) is 0 Å². The molecule has 1 amide bonds. The van der Waals surface area contributed by atoms with Gasteiger partial charge in [-0.2, -0.15) is 0 Å². The smallest absolute Gasteiger partial charge is 0.223 e. The molecule has 1 aliphatic rings. The first-order valence-electron chi connectivity index (χ1n) is 6.69. The lowest BCUT2D eigenvalue weighted by molar-refractivity contribution is -0.131. The summed E-state index contributed by atoms with van der Waals surface area (Å²) >= 11 is 4.81. The molecule has 2 N–H and O–H groups in total. The third-order valence-corrected chi connectivity index (χ3v) is 3.47. The third-order valence-electron chi connectivity index (χ3n) is 3.27. The van der Waals surface area contributed by atoms with Gasteiger partial charge in [-0.05, 0) is 13.8 Å². The van der Waals surface area contributed by atoms with Gasteiger partial charge in [-0.15, -0.1) is 0 Å². The maximum absolute atomic E-state index is 11.9. The van der Waals surface area contributed by atoms with E-state index in [1.54, 1.807) is 11.9 Å². The minimum Gasteiger partial charge on any atom is -0.393 e. The number of ether oxygens (including phenoxy) is 1. The van der Waals surface area contributed by atoms with Crippen LogP contribution >= 0.6 is 12.2 Å². The molecular formula is C13H25N3O2S. The first-order valence-corrected chi connectivity index (χ1v) is 7.09. The highest BCUT2D eigenvalue weighted by Crippen LogP contribution is 2.16. The minimum atomic E-state index is -0.112. The molecule has 1 heterocycles. The number of morpholine rings is 1. The summed E-state index contributed by atoms with van der Waals surface area (Å²) in [5.41, 5.74) is 5.32. The van der Waals surface area contributed by atoms with Gasteiger partial charge in [0.2, 0.25) is 5.91 Å². The highest BCUT2D eigenvalue weighted by molar-refractivity contribution is 7.80. The van der Waals surface area contributed by atoms with E-state index in [2.05, 4.69) is 18.7 Å². The molecule has 0 unspecified atom stereocenters. The van der Waals surface area contributed by atoms with Crippen molar-refractivity contribution in [2.45, 2.75) is 32.3 Å². The summed E-state index contributed by atoms with van der Waals surface area (Å²) in [7, 11) is 1.80. The second-order valence-electron chi connectivity index (χ2n) is 5.67. The van der Waals surface area contributed by atoms with Crippen molar-refractivity contribution in [3.05, 3.63) is 0 Å². The molecule has 1 aliphatic heterocycles. The molecule has 1 fully saturated rings. The zero-order valence-electron chi connectivity index (χ0n) is 12.1. The zero-order valence-corrected chi connectivity index (χ0v) is 13.0. The summed E-state index contributed by atoms with van der Waals surface area (Å²) in [5.74, 6) is 0.139. The van der Waals surface area contributed by atoms with Crippen LogP contribution in [0.2, 0.25) is 0 Å². The van der Waals surface area contributed by atoms with E-state index < -0.39 is 0 Å². The van der Waals surface area contributed by atoms with Crippen LogP contribution < -0.4 is 5.73 Å². The van der Waals surface area contributed by atoms with Crippen molar-refractivity contribution in [1.29, 1.82) is 0 Å². The number of carbonyl (C=O) groups excluding carboxylic acids is 1. The van der Waals surface area contributed by atoms with E-state index in [4.69, 9.17) is 22.7 Å². The van der Waals surface area contributed by atoms with Crippen LogP contribution in [0.3, 0.4) is 0 Å². The molecule has 0 atom stereocenters.